The molecule has 0 N–H and O–H groups in total. The Bertz CT molecular complexity index is 999. The van der Waals surface area contributed by atoms with Crippen molar-refractivity contribution in [2.75, 3.05) is 5.01 Å². The Balaban J connectivity index is 1.66. The van der Waals surface area contributed by atoms with Gasteiger partial charge < -0.3 is 0 Å². The summed E-state index contributed by atoms with van der Waals surface area (Å²) < 4.78 is 0. The van der Waals surface area contributed by atoms with Gasteiger partial charge in [-0.1, -0.05) is 48.7 Å². The Morgan fingerprint density at radius 2 is 1.93 bits per heavy atom. The number of halogens is 1. The molecule has 2 aromatic carbocycles. The van der Waals surface area contributed by atoms with Crippen molar-refractivity contribution in [3.63, 3.8) is 0 Å². The summed E-state index contributed by atoms with van der Waals surface area (Å²) in [6, 6.07) is 16.6. The molecular formula is C24H24ClN3. The number of fused-ring (bicyclic) bond motifs is 3. The first-order valence-electron chi connectivity index (χ1n) is 10.3. The number of rotatable bonds is 2. The predicted molar refractivity (Wildman–Crippen MR) is 114 cm³/mol. The van der Waals surface area contributed by atoms with E-state index < -0.39 is 0 Å². The minimum atomic E-state index is -0.0448. The second-order valence-corrected chi connectivity index (χ2v) is 8.94. The Morgan fingerprint density at radius 1 is 1.14 bits per heavy atom. The lowest BCUT2D eigenvalue weighted by Crippen LogP contribution is -2.52. The molecule has 4 heteroatoms. The molecule has 5 rings (SSSR count). The van der Waals surface area contributed by atoms with Gasteiger partial charge in [-0.25, -0.2) is 0 Å². The maximum absolute atomic E-state index is 9.25. The fourth-order valence-corrected chi connectivity index (χ4v) is 5.92. The van der Waals surface area contributed by atoms with Crippen LogP contribution < -0.4 is 5.01 Å². The molecule has 2 aromatic rings. The average Bonchev–Trinajstić information content (AvgIpc) is 3.35. The van der Waals surface area contributed by atoms with E-state index in [4.69, 9.17) is 16.7 Å². The molecule has 2 atom stereocenters. The van der Waals surface area contributed by atoms with Gasteiger partial charge in [0.05, 0.1) is 27.5 Å². The third-order valence-corrected chi connectivity index (χ3v) is 7.51. The molecular weight excluding hydrogens is 366 g/mol. The molecule has 2 aliphatic carbocycles. The number of nitriles is 1. The molecule has 0 spiro atoms. The van der Waals surface area contributed by atoms with E-state index in [1.165, 1.54) is 42.5 Å². The van der Waals surface area contributed by atoms with Gasteiger partial charge in [-0.3, -0.25) is 5.01 Å². The van der Waals surface area contributed by atoms with Gasteiger partial charge in [-0.05, 0) is 62.3 Å². The van der Waals surface area contributed by atoms with E-state index in [-0.39, 0.29) is 5.54 Å². The summed E-state index contributed by atoms with van der Waals surface area (Å²) in [6.07, 6.45) is 7.39. The molecule has 0 radical (unpaired) electrons. The molecule has 1 fully saturated rings. The molecule has 0 bridgehead atoms. The van der Waals surface area contributed by atoms with Crippen LogP contribution in [0.1, 0.15) is 55.7 Å². The number of hydrogen-bond acceptors (Lipinski definition) is 3. The van der Waals surface area contributed by atoms with E-state index in [0.717, 1.165) is 18.5 Å². The van der Waals surface area contributed by atoms with Crippen LogP contribution >= 0.6 is 11.6 Å². The van der Waals surface area contributed by atoms with Crippen LogP contribution in [0, 0.1) is 23.2 Å². The molecule has 1 aliphatic heterocycles. The second-order valence-electron chi connectivity index (χ2n) is 8.53. The summed E-state index contributed by atoms with van der Waals surface area (Å²) in [6.45, 7) is 2.41. The normalized spacial score (nSPS) is 26.5. The molecule has 3 nitrogen and oxygen atoms in total. The standard InChI is InChI=1S/C24H24ClN3/c1-24(18-7-3-4-8-18)21-13-11-16-6-2-5-9-20(16)23(21)27-28(24)19-12-10-17(15-26)22(25)14-19/h2,5-6,9-10,12,14,18,21H,3-4,7-8,11,13H2,1H3. The summed E-state index contributed by atoms with van der Waals surface area (Å²) in [7, 11) is 0. The Kier molecular flexibility index (Phi) is 4.21. The highest BCUT2D eigenvalue weighted by Crippen LogP contribution is 2.51. The Labute approximate surface area is 171 Å². The number of aryl methyl sites for hydroxylation is 1. The van der Waals surface area contributed by atoms with Crippen LogP contribution in [0.5, 0.6) is 0 Å². The van der Waals surface area contributed by atoms with Crippen LogP contribution in [-0.2, 0) is 6.42 Å². The highest BCUT2D eigenvalue weighted by molar-refractivity contribution is 6.32. The van der Waals surface area contributed by atoms with Gasteiger partial charge in [0.2, 0.25) is 0 Å². The number of nitrogens with zero attached hydrogens (tertiary/aromatic N) is 3. The zero-order valence-corrected chi connectivity index (χ0v) is 16.9. The SMILES string of the molecule is CC1(C2CCCC2)C2CCc3ccccc3C2=NN1c1ccc(C#N)c(Cl)c1. The Morgan fingerprint density at radius 3 is 2.68 bits per heavy atom. The van der Waals surface area contributed by atoms with E-state index in [1.54, 1.807) is 0 Å². The smallest absolute Gasteiger partial charge is 0.101 e. The van der Waals surface area contributed by atoms with Crippen LogP contribution in [-0.4, -0.2) is 11.3 Å². The number of hydrogen-bond donors (Lipinski definition) is 0. The van der Waals surface area contributed by atoms with Gasteiger partial charge >= 0.3 is 0 Å². The minimum Gasteiger partial charge on any atom is -0.258 e. The monoisotopic (exact) mass is 389 g/mol. The summed E-state index contributed by atoms with van der Waals surface area (Å²) >= 11 is 6.40. The first-order valence-corrected chi connectivity index (χ1v) is 10.7. The van der Waals surface area contributed by atoms with E-state index in [1.807, 2.05) is 18.2 Å². The number of hydrazone groups is 1. The van der Waals surface area contributed by atoms with Crippen LogP contribution in [0.4, 0.5) is 5.69 Å². The van der Waals surface area contributed by atoms with E-state index >= 15 is 0 Å². The Hall–Kier alpha value is -2.31. The van der Waals surface area contributed by atoms with Crippen molar-refractivity contribution < 1.29 is 0 Å². The largest absolute Gasteiger partial charge is 0.258 e. The van der Waals surface area contributed by atoms with Gasteiger partial charge in [0.1, 0.15) is 6.07 Å². The van der Waals surface area contributed by atoms with Gasteiger partial charge in [0.25, 0.3) is 0 Å². The van der Waals surface area contributed by atoms with Crippen molar-refractivity contribution >= 4 is 23.0 Å². The molecule has 2 unspecified atom stereocenters. The summed E-state index contributed by atoms with van der Waals surface area (Å²) in [5, 5.41) is 17.2. The summed E-state index contributed by atoms with van der Waals surface area (Å²) in [5.41, 5.74) is 5.42. The van der Waals surface area contributed by atoms with E-state index in [2.05, 4.69) is 42.3 Å². The van der Waals surface area contributed by atoms with Crippen molar-refractivity contribution in [1.29, 1.82) is 5.26 Å². The zero-order valence-electron chi connectivity index (χ0n) is 16.2. The van der Waals surface area contributed by atoms with Crippen LogP contribution in [0.3, 0.4) is 0 Å². The molecule has 28 heavy (non-hydrogen) atoms. The lowest BCUT2D eigenvalue weighted by atomic mass is 9.67. The third-order valence-electron chi connectivity index (χ3n) is 7.19. The van der Waals surface area contributed by atoms with Crippen molar-refractivity contribution in [3.05, 3.63) is 64.2 Å². The van der Waals surface area contributed by atoms with Crippen LogP contribution in [0.25, 0.3) is 0 Å². The highest BCUT2D eigenvalue weighted by Gasteiger charge is 2.54. The van der Waals surface area contributed by atoms with Gasteiger partial charge in [-0.15, -0.1) is 0 Å². The zero-order chi connectivity index (χ0) is 19.3. The molecule has 0 amide bonds. The fraction of sp³-hybridized carbons (Fsp3) is 0.417. The van der Waals surface area contributed by atoms with Gasteiger partial charge in [0, 0.05) is 11.5 Å². The number of anilines is 1. The third kappa shape index (κ3) is 2.51. The molecule has 0 aromatic heterocycles. The van der Waals surface area contributed by atoms with Crippen molar-refractivity contribution in [3.8, 4) is 6.07 Å². The first-order chi connectivity index (χ1) is 13.6. The molecule has 142 valence electrons. The second kappa shape index (κ2) is 6.64. The maximum Gasteiger partial charge on any atom is 0.101 e. The van der Waals surface area contributed by atoms with Crippen molar-refractivity contribution in [2.45, 2.75) is 51.0 Å². The topological polar surface area (TPSA) is 39.4 Å². The van der Waals surface area contributed by atoms with Crippen molar-refractivity contribution in [1.82, 2.24) is 0 Å². The van der Waals surface area contributed by atoms with Gasteiger partial charge in [-0.2, -0.15) is 10.4 Å². The highest BCUT2D eigenvalue weighted by atomic mass is 35.5. The van der Waals surface area contributed by atoms with Crippen LogP contribution in [0.15, 0.2) is 47.6 Å². The molecule has 1 heterocycles. The first kappa shape index (κ1) is 17.8. The molecule has 0 saturated heterocycles. The minimum absolute atomic E-state index is 0.0448. The maximum atomic E-state index is 9.25. The van der Waals surface area contributed by atoms with E-state index in [0.29, 0.717) is 22.4 Å². The predicted octanol–water partition coefficient (Wildman–Crippen LogP) is 5.95. The van der Waals surface area contributed by atoms with E-state index in [9.17, 15) is 5.26 Å². The molecule has 3 aliphatic rings. The molecule has 1 saturated carbocycles. The number of benzene rings is 2. The van der Waals surface area contributed by atoms with Crippen molar-refractivity contribution in [2.24, 2.45) is 16.9 Å². The lowest BCUT2D eigenvalue weighted by Gasteiger charge is -2.44. The average molecular weight is 390 g/mol. The van der Waals surface area contributed by atoms with Crippen LogP contribution in [0.2, 0.25) is 5.02 Å². The summed E-state index contributed by atoms with van der Waals surface area (Å²) in [4.78, 5) is 0. The quantitative estimate of drug-likeness (QED) is 0.636. The lowest BCUT2D eigenvalue weighted by molar-refractivity contribution is 0.232. The fourth-order valence-electron chi connectivity index (χ4n) is 5.70. The summed E-state index contributed by atoms with van der Waals surface area (Å²) in [5.74, 6) is 1.05. The van der Waals surface area contributed by atoms with Gasteiger partial charge in [0.15, 0.2) is 0 Å².